The molecule has 0 aromatic carbocycles. The standard InChI is InChI=1S/C21H26N4O4S2.Na/c1-21(2)15(19(28)29)25-17(27)14(18(25)31-21)24-16(26)12(13-8-30-20(22)23-13)7-11-9-5-3-4-6-10(9)11;/h3-4,8-12,14-15,18H,5-7H2,1-2H3,(H2,22,23)(H,24,26)(H,28,29);/q;+1/p-1/t9?,10?,11?,12?,14-,15+,18-;/m1./s1. The summed E-state index contributed by atoms with van der Waals surface area (Å²) in [6.07, 6.45) is 7.22. The van der Waals surface area contributed by atoms with Gasteiger partial charge in [0.05, 0.1) is 23.6 Å². The van der Waals surface area contributed by atoms with E-state index in [-0.39, 0.29) is 41.4 Å². The van der Waals surface area contributed by atoms with Gasteiger partial charge in [-0.05, 0) is 50.9 Å². The van der Waals surface area contributed by atoms with Gasteiger partial charge >= 0.3 is 29.6 Å². The van der Waals surface area contributed by atoms with Gasteiger partial charge in [-0.2, -0.15) is 0 Å². The molecule has 4 aliphatic rings. The van der Waals surface area contributed by atoms with E-state index in [0.29, 0.717) is 35.0 Å². The average molecular weight is 485 g/mol. The van der Waals surface area contributed by atoms with Crippen LogP contribution in [-0.2, 0) is 14.4 Å². The molecule has 166 valence electrons. The molecule has 0 spiro atoms. The Balaban J connectivity index is 0.00000245. The maximum absolute atomic E-state index is 13.3. The number of nitrogens with one attached hydrogen (secondary N) is 1. The molecule has 3 heterocycles. The molecule has 3 unspecified atom stereocenters. The van der Waals surface area contributed by atoms with Crippen molar-refractivity contribution in [2.24, 2.45) is 17.8 Å². The van der Waals surface area contributed by atoms with Gasteiger partial charge in [-0.1, -0.05) is 12.2 Å². The summed E-state index contributed by atoms with van der Waals surface area (Å²) in [5, 5.41) is 16.3. The molecule has 1 saturated carbocycles. The zero-order chi connectivity index (χ0) is 22.1. The fourth-order valence-corrected chi connectivity index (χ4v) is 7.79. The number of allylic oxidation sites excluding steroid dienone is 2. The number of anilines is 1. The molecule has 2 aliphatic carbocycles. The number of carboxylic acids is 1. The summed E-state index contributed by atoms with van der Waals surface area (Å²) in [5.74, 6) is -0.647. The molecular formula is C21H25N4NaO4S2. The summed E-state index contributed by atoms with van der Waals surface area (Å²) < 4.78 is -0.682. The van der Waals surface area contributed by atoms with E-state index in [9.17, 15) is 19.5 Å². The second-order valence-corrected chi connectivity index (χ2v) is 12.1. The number of thiazole rings is 1. The number of thioether (sulfide) groups is 1. The number of nitrogen functional groups attached to an aromatic ring is 1. The number of hydrogen-bond donors (Lipinski definition) is 2. The topological polar surface area (TPSA) is 128 Å². The fourth-order valence-electron chi connectivity index (χ4n) is 5.56. The van der Waals surface area contributed by atoms with E-state index in [0.717, 1.165) is 12.8 Å². The molecule has 3 fully saturated rings. The normalized spacial score (nSPS) is 34.6. The van der Waals surface area contributed by atoms with Crippen LogP contribution in [0.4, 0.5) is 5.13 Å². The molecule has 0 radical (unpaired) electrons. The van der Waals surface area contributed by atoms with E-state index in [1.807, 2.05) is 5.38 Å². The van der Waals surface area contributed by atoms with E-state index < -0.39 is 34.1 Å². The Morgan fingerprint density at radius 1 is 1.34 bits per heavy atom. The number of fused-ring (bicyclic) bond motifs is 2. The SMILES string of the molecule is CC1(C)S[C@@H]2[C@H](NC(=O)C(CC3C4CC=CCC43)c3csc(N)n3)C(=O)N2[C@H]1C(=O)[O-].[Na+]. The van der Waals surface area contributed by atoms with Crippen molar-refractivity contribution in [3.63, 3.8) is 0 Å². The van der Waals surface area contributed by atoms with Crippen molar-refractivity contribution in [2.45, 2.75) is 61.2 Å². The van der Waals surface area contributed by atoms with Crippen LogP contribution in [0.15, 0.2) is 17.5 Å². The van der Waals surface area contributed by atoms with Gasteiger partial charge in [-0.15, -0.1) is 23.1 Å². The van der Waals surface area contributed by atoms with E-state index in [4.69, 9.17) is 5.73 Å². The van der Waals surface area contributed by atoms with Crippen LogP contribution in [0.3, 0.4) is 0 Å². The molecule has 11 heteroatoms. The summed E-state index contributed by atoms with van der Waals surface area (Å²) in [5.41, 5.74) is 6.47. The van der Waals surface area contributed by atoms with E-state index in [2.05, 4.69) is 22.5 Å². The first kappa shape index (κ1) is 24.1. The van der Waals surface area contributed by atoms with Crippen molar-refractivity contribution in [2.75, 3.05) is 5.73 Å². The monoisotopic (exact) mass is 484 g/mol. The Kier molecular flexibility index (Phi) is 6.48. The third-order valence-corrected chi connectivity index (χ3v) is 9.44. The number of carbonyl (C=O) groups is 3. The zero-order valence-electron chi connectivity index (χ0n) is 18.3. The predicted molar refractivity (Wildman–Crippen MR) is 116 cm³/mol. The first-order valence-corrected chi connectivity index (χ1v) is 12.3. The average Bonchev–Trinajstić information content (AvgIpc) is 3.12. The molecule has 6 atom stereocenters. The minimum atomic E-state index is -1.26. The Morgan fingerprint density at radius 3 is 2.56 bits per heavy atom. The van der Waals surface area contributed by atoms with Crippen LogP contribution in [0.5, 0.6) is 0 Å². The number of rotatable bonds is 6. The Labute approximate surface area is 217 Å². The minimum Gasteiger partial charge on any atom is -0.548 e. The molecule has 2 saturated heterocycles. The maximum Gasteiger partial charge on any atom is 1.00 e. The summed E-state index contributed by atoms with van der Waals surface area (Å²) in [4.78, 5) is 43.4. The first-order chi connectivity index (χ1) is 14.7. The first-order valence-electron chi connectivity index (χ1n) is 10.6. The van der Waals surface area contributed by atoms with Gasteiger partial charge in [0.25, 0.3) is 0 Å². The molecule has 32 heavy (non-hydrogen) atoms. The second-order valence-electron chi connectivity index (χ2n) is 9.40. The molecule has 5 rings (SSSR count). The van der Waals surface area contributed by atoms with Gasteiger partial charge in [0.15, 0.2) is 5.13 Å². The summed E-state index contributed by atoms with van der Waals surface area (Å²) in [6, 6.07) is -1.73. The van der Waals surface area contributed by atoms with Crippen molar-refractivity contribution >= 4 is 46.0 Å². The molecule has 3 N–H and O–H groups in total. The minimum absolute atomic E-state index is 0. The van der Waals surface area contributed by atoms with Crippen molar-refractivity contribution in [3.05, 3.63) is 23.2 Å². The Hall–Kier alpha value is -1.07. The van der Waals surface area contributed by atoms with Crippen LogP contribution < -0.4 is 45.7 Å². The number of carboxylic acid groups (broad SMARTS) is 1. The zero-order valence-corrected chi connectivity index (χ0v) is 21.9. The van der Waals surface area contributed by atoms with E-state index in [1.165, 1.54) is 28.0 Å². The van der Waals surface area contributed by atoms with Gasteiger partial charge in [0.2, 0.25) is 11.8 Å². The molecule has 8 nitrogen and oxygen atoms in total. The van der Waals surface area contributed by atoms with Crippen LogP contribution in [0, 0.1) is 17.8 Å². The van der Waals surface area contributed by atoms with Gasteiger partial charge < -0.3 is 25.9 Å². The van der Waals surface area contributed by atoms with Crippen LogP contribution in [0.1, 0.15) is 44.7 Å². The van der Waals surface area contributed by atoms with E-state index in [1.54, 1.807) is 13.8 Å². The number of aromatic nitrogens is 1. The predicted octanol–water partition coefficient (Wildman–Crippen LogP) is -2.29. The fraction of sp³-hybridized carbons (Fsp3) is 0.619. The van der Waals surface area contributed by atoms with Gasteiger partial charge in [-0.3, -0.25) is 9.59 Å². The molecule has 0 bridgehead atoms. The van der Waals surface area contributed by atoms with E-state index >= 15 is 0 Å². The van der Waals surface area contributed by atoms with Crippen LogP contribution in [0.2, 0.25) is 0 Å². The number of hydrogen-bond acceptors (Lipinski definition) is 8. The third-order valence-electron chi connectivity index (χ3n) is 7.18. The molecule has 2 aliphatic heterocycles. The summed E-state index contributed by atoms with van der Waals surface area (Å²) >= 11 is 2.69. The third kappa shape index (κ3) is 3.91. The van der Waals surface area contributed by atoms with Crippen molar-refractivity contribution < 1.29 is 49.0 Å². The summed E-state index contributed by atoms with van der Waals surface area (Å²) in [7, 11) is 0. The maximum atomic E-state index is 13.3. The van der Waals surface area contributed by atoms with Gasteiger partial charge in [0.1, 0.15) is 11.4 Å². The molecular weight excluding hydrogens is 459 g/mol. The molecule has 1 aromatic heterocycles. The number of carbonyl (C=O) groups excluding carboxylic acids is 3. The number of aliphatic carboxylic acids is 1. The van der Waals surface area contributed by atoms with Crippen LogP contribution >= 0.6 is 23.1 Å². The molecule has 1 aromatic rings. The summed E-state index contributed by atoms with van der Waals surface area (Å²) in [6.45, 7) is 3.57. The van der Waals surface area contributed by atoms with Crippen molar-refractivity contribution in [1.82, 2.24) is 15.2 Å². The number of β-lactam (4-membered cyclic amide) rings is 1. The Bertz CT molecular complexity index is 969. The smallest absolute Gasteiger partial charge is 0.548 e. The van der Waals surface area contributed by atoms with Crippen LogP contribution in [-0.4, -0.2) is 49.9 Å². The number of nitrogens with two attached hydrogens (primary N) is 1. The quantitative estimate of drug-likeness (QED) is 0.264. The van der Waals surface area contributed by atoms with Crippen molar-refractivity contribution in [3.8, 4) is 0 Å². The number of nitrogens with zero attached hydrogens (tertiary/aromatic N) is 2. The Morgan fingerprint density at radius 2 is 2.00 bits per heavy atom. The van der Waals surface area contributed by atoms with Gasteiger partial charge in [-0.25, -0.2) is 4.98 Å². The van der Waals surface area contributed by atoms with Crippen LogP contribution in [0.25, 0.3) is 0 Å². The van der Waals surface area contributed by atoms with Gasteiger partial charge in [0, 0.05) is 10.1 Å². The number of amides is 2. The molecule has 2 amide bonds. The second kappa shape index (κ2) is 8.61. The van der Waals surface area contributed by atoms with Crippen molar-refractivity contribution in [1.29, 1.82) is 0 Å². The largest absolute Gasteiger partial charge is 1.00 e.